The van der Waals surface area contributed by atoms with E-state index in [0.29, 0.717) is 12.1 Å². The first-order chi connectivity index (χ1) is 11.7. The van der Waals surface area contributed by atoms with Gasteiger partial charge in [0.1, 0.15) is 5.82 Å². The van der Waals surface area contributed by atoms with Crippen molar-refractivity contribution in [2.24, 2.45) is 0 Å². The predicted octanol–water partition coefficient (Wildman–Crippen LogP) is 3.11. The highest BCUT2D eigenvalue weighted by atomic mass is 15.1. The van der Waals surface area contributed by atoms with Crippen LogP contribution in [0.1, 0.15) is 42.0 Å². The van der Waals surface area contributed by atoms with Crippen LogP contribution in [0.2, 0.25) is 0 Å². The third-order valence-corrected chi connectivity index (χ3v) is 5.00. The average Bonchev–Trinajstić information content (AvgIpc) is 3.23. The Morgan fingerprint density at radius 2 is 2.12 bits per heavy atom. The number of rotatable bonds is 4. The Kier molecular flexibility index (Phi) is 3.94. The van der Waals surface area contributed by atoms with Crippen LogP contribution in [0.5, 0.6) is 0 Å². The largest absolute Gasteiger partial charge is 0.307 e. The molecule has 4 rings (SSSR count). The van der Waals surface area contributed by atoms with Crippen molar-refractivity contribution in [1.82, 2.24) is 25.1 Å². The smallest absolute Gasteiger partial charge is 0.110 e. The number of aryl methyl sites for hydroxylation is 2. The molecule has 0 spiro atoms. The van der Waals surface area contributed by atoms with Gasteiger partial charge >= 0.3 is 0 Å². The maximum absolute atomic E-state index is 4.28. The van der Waals surface area contributed by atoms with Crippen LogP contribution in [0.25, 0.3) is 5.69 Å². The molecule has 124 valence electrons. The molecule has 0 saturated heterocycles. The zero-order valence-corrected chi connectivity index (χ0v) is 14.2. The molecule has 1 aliphatic rings. The fraction of sp³-hybridized carbons (Fsp3) is 0.368. The second kappa shape index (κ2) is 6.24. The van der Waals surface area contributed by atoms with E-state index in [1.807, 2.05) is 25.5 Å². The maximum atomic E-state index is 4.28. The zero-order chi connectivity index (χ0) is 16.5. The molecule has 1 aromatic carbocycles. The fourth-order valence-electron chi connectivity index (χ4n) is 3.58. The van der Waals surface area contributed by atoms with Crippen molar-refractivity contribution in [3.8, 4) is 5.69 Å². The molecule has 2 aromatic heterocycles. The maximum Gasteiger partial charge on any atom is 0.110 e. The standard InChI is InChI=1S/C19H23N5/c1-13(22-17-5-8-19-16(11-17)12-21-23-19)15-3-6-18(7-4-15)24-10-9-20-14(24)2/h3-4,6-7,9-10,12-13,17,22H,5,8,11H2,1-2H3,(H,21,23)/t13-,17-/m0/s1. The summed E-state index contributed by atoms with van der Waals surface area (Å²) in [6.07, 6.45) is 9.10. The summed E-state index contributed by atoms with van der Waals surface area (Å²) in [5.41, 5.74) is 5.13. The van der Waals surface area contributed by atoms with Crippen molar-refractivity contribution in [3.63, 3.8) is 0 Å². The molecule has 0 amide bonds. The summed E-state index contributed by atoms with van der Waals surface area (Å²) in [6.45, 7) is 4.26. The van der Waals surface area contributed by atoms with Crippen molar-refractivity contribution in [3.05, 3.63) is 65.5 Å². The van der Waals surface area contributed by atoms with Gasteiger partial charge in [-0.1, -0.05) is 12.1 Å². The lowest BCUT2D eigenvalue weighted by Gasteiger charge is -2.27. The molecule has 5 nitrogen and oxygen atoms in total. The van der Waals surface area contributed by atoms with E-state index in [1.165, 1.54) is 16.8 Å². The number of fused-ring (bicyclic) bond motifs is 1. The van der Waals surface area contributed by atoms with Gasteiger partial charge in [0.05, 0.1) is 6.20 Å². The van der Waals surface area contributed by atoms with E-state index in [2.05, 4.69) is 56.3 Å². The minimum absolute atomic E-state index is 0.335. The Labute approximate surface area is 142 Å². The Balaban J connectivity index is 1.43. The van der Waals surface area contributed by atoms with E-state index in [-0.39, 0.29) is 0 Å². The molecular weight excluding hydrogens is 298 g/mol. The molecule has 24 heavy (non-hydrogen) atoms. The molecule has 1 aliphatic carbocycles. The molecule has 3 aromatic rings. The van der Waals surface area contributed by atoms with Crippen LogP contribution in [0, 0.1) is 6.92 Å². The number of imidazole rings is 1. The Morgan fingerprint density at radius 1 is 1.29 bits per heavy atom. The number of hydrogen-bond acceptors (Lipinski definition) is 3. The summed E-state index contributed by atoms with van der Waals surface area (Å²) in [4.78, 5) is 4.28. The summed E-state index contributed by atoms with van der Waals surface area (Å²) >= 11 is 0. The highest BCUT2D eigenvalue weighted by molar-refractivity contribution is 5.36. The average molecular weight is 321 g/mol. The summed E-state index contributed by atoms with van der Waals surface area (Å²) < 4.78 is 2.10. The van der Waals surface area contributed by atoms with Crippen LogP contribution in [-0.2, 0) is 12.8 Å². The first-order valence-electron chi connectivity index (χ1n) is 8.58. The number of benzene rings is 1. The van der Waals surface area contributed by atoms with Gasteiger partial charge in [-0.05, 0) is 56.4 Å². The predicted molar refractivity (Wildman–Crippen MR) is 94.3 cm³/mol. The van der Waals surface area contributed by atoms with Crippen LogP contribution >= 0.6 is 0 Å². The van der Waals surface area contributed by atoms with Crippen molar-refractivity contribution in [1.29, 1.82) is 0 Å². The highest BCUT2D eigenvalue weighted by Gasteiger charge is 2.21. The second-order valence-corrected chi connectivity index (χ2v) is 6.64. The molecular formula is C19H23N5. The molecule has 2 atom stereocenters. The summed E-state index contributed by atoms with van der Waals surface area (Å²) in [7, 11) is 0. The monoisotopic (exact) mass is 321 g/mol. The molecule has 0 saturated carbocycles. The molecule has 2 heterocycles. The molecule has 0 aliphatic heterocycles. The first kappa shape index (κ1) is 15.1. The van der Waals surface area contributed by atoms with Gasteiger partial charge in [-0.3, -0.25) is 5.10 Å². The van der Waals surface area contributed by atoms with Crippen LogP contribution in [-0.4, -0.2) is 25.8 Å². The lowest BCUT2D eigenvalue weighted by molar-refractivity contribution is 0.412. The van der Waals surface area contributed by atoms with Crippen LogP contribution < -0.4 is 5.32 Å². The number of nitrogens with zero attached hydrogens (tertiary/aromatic N) is 3. The van der Waals surface area contributed by atoms with Gasteiger partial charge in [0.15, 0.2) is 0 Å². The molecule has 0 bridgehead atoms. The number of H-pyrrole nitrogens is 1. The summed E-state index contributed by atoms with van der Waals surface area (Å²) in [6, 6.07) is 9.59. The normalized spacial score (nSPS) is 18.3. The quantitative estimate of drug-likeness (QED) is 0.776. The van der Waals surface area contributed by atoms with Gasteiger partial charge in [-0.15, -0.1) is 0 Å². The molecule has 5 heteroatoms. The molecule has 0 unspecified atom stereocenters. The molecule has 0 radical (unpaired) electrons. The van der Waals surface area contributed by atoms with Gasteiger partial charge < -0.3 is 9.88 Å². The van der Waals surface area contributed by atoms with E-state index >= 15 is 0 Å². The minimum atomic E-state index is 0.335. The zero-order valence-electron chi connectivity index (χ0n) is 14.2. The minimum Gasteiger partial charge on any atom is -0.307 e. The number of aromatic nitrogens is 4. The Hall–Kier alpha value is -2.40. The van der Waals surface area contributed by atoms with Crippen molar-refractivity contribution in [2.75, 3.05) is 0 Å². The van der Waals surface area contributed by atoms with E-state index in [9.17, 15) is 0 Å². The molecule has 0 fully saturated rings. The SMILES string of the molecule is Cc1nccn1-c1ccc([C@H](C)N[C@H]2CCc3[nH]ncc3C2)cc1. The number of nitrogens with one attached hydrogen (secondary N) is 2. The van der Waals surface area contributed by atoms with Gasteiger partial charge in [0.25, 0.3) is 0 Å². The van der Waals surface area contributed by atoms with E-state index in [0.717, 1.165) is 30.8 Å². The van der Waals surface area contributed by atoms with Gasteiger partial charge in [-0.2, -0.15) is 5.10 Å². The van der Waals surface area contributed by atoms with Gasteiger partial charge in [0.2, 0.25) is 0 Å². The van der Waals surface area contributed by atoms with E-state index in [1.54, 1.807) is 0 Å². The van der Waals surface area contributed by atoms with E-state index < -0.39 is 0 Å². The number of hydrogen-bond donors (Lipinski definition) is 2. The second-order valence-electron chi connectivity index (χ2n) is 6.64. The van der Waals surface area contributed by atoms with Crippen molar-refractivity contribution >= 4 is 0 Å². The van der Waals surface area contributed by atoms with Crippen molar-refractivity contribution in [2.45, 2.75) is 45.2 Å². The van der Waals surface area contributed by atoms with E-state index in [4.69, 9.17) is 0 Å². The van der Waals surface area contributed by atoms with Crippen LogP contribution in [0.3, 0.4) is 0 Å². The van der Waals surface area contributed by atoms with Crippen molar-refractivity contribution < 1.29 is 0 Å². The topological polar surface area (TPSA) is 58.5 Å². The Morgan fingerprint density at radius 3 is 2.88 bits per heavy atom. The lowest BCUT2D eigenvalue weighted by Crippen LogP contribution is -2.36. The van der Waals surface area contributed by atoms with Crippen LogP contribution in [0.4, 0.5) is 0 Å². The molecule has 2 N–H and O–H groups in total. The van der Waals surface area contributed by atoms with Crippen LogP contribution in [0.15, 0.2) is 42.9 Å². The number of aromatic amines is 1. The van der Waals surface area contributed by atoms with Gasteiger partial charge in [0, 0.05) is 35.9 Å². The summed E-state index contributed by atoms with van der Waals surface area (Å²) in [5, 5.41) is 11.0. The lowest BCUT2D eigenvalue weighted by atomic mass is 9.92. The van der Waals surface area contributed by atoms with Gasteiger partial charge in [-0.25, -0.2) is 4.98 Å². The highest BCUT2D eigenvalue weighted by Crippen LogP contribution is 2.22. The summed E-state index contributed by atoms with van der Waals surface area (Å²) in [5.74, 6) is 1.01. The first-order valence-corrected chi connectivity index (χ1v) is 8.58. The third kappa shape index (κ3) is 2.87. The fourth-order valence-corrected chi connectivity index (χ4v) is 3.58. The third-order valence-electron chi connectivity index (χ3n) is 5.00. The Bertz CT molecular complexity index is 814.